The largest absolute Gasteiger partial charge is 0.272 e. The SMILES string of the molecule is CS(=O)OC(C)(C)C#CCCl. The van der Waals surface area contributed by atoms with E-state index < -0.39 is 16.7 Å². The molecule has 0 aliphatic rings. The molecule has 2 nitrogen and oxygen atoms in total. The summed E-state index contributed by atoms with van der Waals surface area (Å²) in [5, 5.41) is 0. The van der Waals surface area contributed by atoms with Gasteiger partial charge in [-0.2, -0.15) is 0 Å². The average Bonchev–Trinajstić information content (AvgIpc) is 1.81. The van der Waals surface area contributed by atoms with Crippen LogP contribution in [0.15, 0.2) is 0 Å². The lowest BCUT2D eigenvalue weighted by molar-refractivity contribution is 0.198. The Morgan fingerprint density at radius 1 is 1.64 bits per heavy atom. The summed E-state index contributed by atoms with van der Waals surface area (Å²) in [5.41, 5.74) is -0.672. The minimum Gasteiger partial charge on any atom is -0.272 e. The molecular weight excluding hydrogens is 184 g/mol. The maximum Gasteiger partial charge on any atom is 0.153 e. The molecule has 0 spiro atoms. The predicted molar refractivity (Wildman–Crippen MR) is 47.7 cm³/mol. The van der Waals surface area contributed by atoms with E-state index in [1.54, 1.807) is 13.8 Å². The Hall–Kier alpha value is -0.0400. The molecule has 0 aromatic rings. The van der Waals surface area contributed by atoms with Crippen LogP contribution in [0.25, 0.3) is 0 Å². The van der Waals surface area contributed by atoms with Crippen LogP contribution in [0.4, 0.5) is 0 Å². The molecular formula is C7H11ClO2S. The third-order valence-corrected chi connectivity index (χ3v) is 1.57. The van der Waals surface area contributed by atoms with Crippen LogP contribution in [-0.2, 0) is 15.3 Å². The van der Waals surface area contributed by atoms with Crippen LogP contribution < -0.4 is 0 Å². The van der Waals surface area contributed by atoms with Crippen molar-refractivity contribution in [1.82, 2.24) is 0 Å². The highest BCUT2D eigenvalue weighted by molar-refractivity contribution is 7.79. The van der Waals surface area contributed by atoms with E-state index in [1.165, 1.54) is 6.26 Å². The topological polar surface area (TPSA) is 26.3 Å². The van der Waals surface area contributed by atoms with E-state index in [2.05, 4.69) is 11.8 Å². The Bertz CT molecular complexity index is 202. The molecule has 64 valence electrons. The summed E-state index contributed by atoms with van der Waals surface area (Å²) < 4.78 is 15.6. The maximum absolute atomic E-state index is 10.6. The fraction of sp³-hybridized carbons (Fsp3) is 0.714. The first-order valence-corrected chi connectivity index (χ1v) is 5.08. The lowest BCUT2D eigenvalue weighted by Crippen LogP contribution is -2.22. The zero-order valence-electron chi connectivity index (χ0n) is 6.81. The van der Waals surface area contributed by atoms with Crippen molar-refractivity contribution < 1.29 is 8.39 Å². The number of hydrogen-bond acceptors (Lipinski definition) is 2. The Labute approximate surface area is 74.9 Å². The van der Waals surface area contributed by atoms with Crippen molar-refractivity contribution in [1.29, 1.82) is 0 Å². The first-order valence-electron chi connectivity index (χ1n) is 3.07. The molecule has 1 unspecified atom stereocenters. The normalized spacial score (nSPS) is 13.5. The highest BCUT2D eigenvalue weighted by Gasteiger charge is 2.16. The van der Waals surface area contributed by atoms with E-state index in [1.807, 2.05) is 0 Å². The lowest BCUT2D eigenvalue weighted by Gasteiger charge is -2.14. The molecule has 0 saturated carbocycles. The second-order valence-electron chi connectivity index (χ2n) is 2.43. The van der Waals surface area contributed by atoms with E-state index in [9.17, 15) is 4.21 Å². The number of hydrogen-bond donors (Lipinski definition) is 0. The van der Waals surface area contributed by atoms with Crippen LogP contribution in [0.3, 0.4) is 0 Å². The molecule has 0 saturated heterocycles. The van der Waals surface area contributed by atoms with Crippen LogP contribution in [0.2, 0.25) is 0 Å². The molecule has 4 heteroatoms. The molecule has 0 fully saturated rings. The van der Waals surface area contributed by atoms with E-state index in [0.29, 0.717) is 0 Å². The number of alkyl halides is 1. The zero-order chi connectivity index (χ0) is 8.91. The van der Waals surface area contributed by atoms with E-state index in [0.717, 1.165) is 0 Å². The minimum atomic E-state index is -1.28. The van der Waals surface area contributed by atoms with Gasteiger partial charge in [0.1, 0.15) is 5.60 Å². The van der Waals surface area contributed by atoms with Gasteiger partial charge >= 0.3 is 0 Å². The maximum atomic E-state index is 10.6. The van der Waals surface area contributed by atoms with Gasteiger partial charge in [-0.05, 0) is 13.8 Å². The smallest absolute Gasteiger partial charge is 0.153 e. The molecule has 0 aromatic heterocycles. The number of rotatable bonds is 2. The van der Waals surface area contributed by atoms with Gasteiger partial charge in [0, 0.05) is 6.26 Å². The van der Waals surface area contributed by atoms with Gasteiger partial charge in [-0.1, -0.05) is 11.8 Å². The summed E-state index contributed by atoms with van der Waals surface area (Å²) in [6, 6.07) is 0. The summed E-state index contributed by atoms with van der Waals surface area (Å²) in [6.07, 6.45) is 1.46. The minimum absolute atomic E-state index is 0.267. The van der Waals surface area contributed by atoms with Crippen molar-refractivity contribution in [3.8, 4) is 11.8 Å². The molecule has 0 radical (unpaired) electrons. The van der Waals surface area contributed by atoms with Gasteiger partial charge in [0.05, 0.1) is 5.88 Å². The molecule has 0 aliphatic heterocycles. The molecule has 0 aliphatic carbocycles. The summed E-state index contributed by atoms with van der Waals surface area (Å²) in [7, 11) is 0. The van der Waals surface area contributed by atoms with Gasteiger partial charge in [-0.3, -0.25) is 4.18 Å². The zero-order valence-corrected chi connectivity index (χ0v) is 8.38. The first-order chi connectivity index (χ1) is 4.98. The van der Waals surface area contributed by atoms with Crippen molar-refractivity contribution in [3.63, 3.8) is 0 Å². The first kappa shape index (κ1) is 11.0. The third-order valence-electron chi connectivity index (χ3n) is 0.782. The van der Waals surface area contributed by atoms with Crippen molar-refractivity contribution in [2.24, 2.45) is 0 Å². The second-order valence-corrected chi connectivity index (χ2v) is 3.67. The summed E-state index contributed by atoms with van der Waals surface area (Å²) in [6.45, 7) is 3.49. The standard InChI is InChI=1S/C7H11ClO2S/c1-7(2,5-4-6-8)10-11(3)9/h6H2,1-3H3. The highest BCUT2D eigenvalue weighted by Crippen LogP contribution is 2.08. The van der Waals surface area contributed by atoms with Crippen LogP contribution >= 0.6 is 11.6 Å². The van der Waals surface area contributed by atoms with Crippen molar-refractivity contribution in [2.75, 3.05) is 12.1 Å². The van der Waals surface area contributed by atoms with E-state index in [-0.39, 0.29) is 5.88 Å². The average molecular weight is 195 g/mol. The van der Waals surface area contributed by atoms with E-state index >= 15 is 0 Å². The summed E-state index contributed by atoms with van der Waals surface area (Å²) in [5.74, 6) is 5.66. The molecule has 0 aromatic carbocycles. The molecule has 0 N–H and O–H groups in total. The Morgan fingerprint density at radius 2 is 2.18 bits per heavy atom. The Morgan fingerprint density at radius 3 is 2.55 bits per heavy atom. The predicted octanol–water partition coefficient (Wildman–Crippen LogP) is 1.32. The highest BCUT2D eigenvalue weighted by atomic mass is 35.5. The second kappa shape index (κ2) is 4.76. The molecule has 0 bridgehead atoms. The van der Waals surface area contributed by atoms with Crippen molar-refractivity contribution >= 4 is 22.7 Å². The van der Waals surface area contributed by atoms with Gasteiger partial charge in [-0.15, -0.1) is 11.6 Å². The van der Waals surface area contributed by atoms with E-state index in [4.69, 9.17) is 15.8 Å². The van der Waals surface area contributed by atoms with Crippen LogP contribution in [-0.4, -0.2) is 21.9 Å². The van der Waals surface area contributed by atoms with Gasteiger partial charge in [0.15, 0.2) is 11.1 Å². The van der Waals surface area contributed by atoms with Gasteiger partial charge in [-0.25, -0.2) is 4.21 Å². The van der Waals surface area contributed by atoms with Crippen LogP contribution in [0, 0.1) is 11.8 Å². The quantitative estimate of drug-likeness (QED) is 0.490. The van der Waals surface area contributed by atoms with Crippen LogP contribution in [0.5, 0.6) is 0 Å². The van der Waals surface area contributed by atoms with Crippen LogP contribution in [0.1, 0.15) is 13.8 Å². The number of halogens is 1. The molecule has 0 rings (SSSR count). The van der Waals surface area contributed by atoms with Gasteiger partial charge < -0.3 is 0 Å². The molecule has 11 heavy (non-hydrogen) atoms. The van der Waals surface area contributed by atoms with Gasteiger partial charge in [0.2, 0.25) is 0 Å². The monoisotopic (exact) mass is 194 g/mol. The fourth-order valence-electron chi connectivity index (χ4n) is 0.560. The van der Waals surface area contributed by atoms with Gasteiger partial charge in [0.25, 0.3) is 0 Å². The molecule has 0 amide bonds. The third kappa shape index (κ3) is 6.36. The molecule has 0 heterocycles. The Kier molecular flexibility index (Phi) is 4.74. The Balaban J connectivity index is 4.10. The molecule has 1 atom stereocenters. The van der Waals surface area contributed by atoms with Crippen molar-refractivity contribution in [3.05, 3.63) is 0 Å². The fourth-order valence-corrected chi connectivity index (χ4v) is 1.26. The summed E-state index contributed by atoms with van der Waals surface area (Å²) in [4.78, 5) is 0. The summed E-state index contributed by atoms with van der Waals surface area (Å²) >= 11 is 4.06. The van der Waals surface area contributed by atoms with Crippen molar-refractivity contribution in [2.45, 2.75) is 19.4 Å². The lowest BCUT2D eigenvalue weighted by atomic mass is 10.1.